The van der Waals surface area contributed by atoms with Crippen molar-refractivity contribution in [2.45, 2.75) is 33.1 Å². The number of amides is 1. The molecule has 0 saturated heterocycles. The topological polar surface area (TPSA) is 80.9 Å². The molecule has 22 heavy (non-hydrogen) atoms. The third-order valence-electron chi connectivity index (χ3n) is 2.97. The highest BCUT2D eigenvalue weighted by Crippen LogP contribution is 2.19. The minimum atomic E-state index is -0.0644. The second kappa shape index (κ2) is 8.70. The van der Waals surface area contributed by atoms with Crippen molar-refractivity contribution in [2.24, 2.45) is 5.92 Å². The van der Waals surface area contributed by atoms with Gasteiger partial charge in [-0.1, -0.05) is 43.4 Å². The second-order valence-electron chi connectivity index (χ2n) is 5.35. The fourth-order valence-electron chi connectivity index (χ4n) is 1.93. The molecule has 120 valence electrons. The lowest BCUT2D eigenvalue weighted by atomic mass is 10.1. The van der Waals surface area contributed by atoms with Crippen molar-refractivity contribution in [1.82, 2.24) is 10.2 Å². The van der Waals surface area contributed by atoms with Crippen LogP contribution < -0.4 is 11.1 Å². The van der Waals surface area contributed by atoms with E-state index < -0.39 is 0 Å². The average molecular weight is 341 g/mol. The van der Waals surface area contributed by atoms with Crippen molar-refractivity contribution < 1.29 is 4.79 Å². The van der Waals surface area contributed by atoms with Crippen molar-refractivity contribution >= 4 is 40.5 Å². The lowest BCUT2D eigenvalue weighted by Crippen LogP contribution is -2.12. The number of nitrogens with zero attached hydrogens (tertiary/aromatic N) is 2. The summed E-state index contributed by atoms with van der Waals surface area (Å²) in [4.78, 5) is 11.9. The lowest BCUT2D eigenvalue weighted by Gasteiger charge is -2.04. The summed E-state index contributed by atoms with van der Waals surface area (Å²) in [5.41, 5.74) is 7.57. The maximum absolute atomic E-state index is 11.9. The third-order valence-corrected chi connectivity index (χ3v) is 3.83. The molecule has 0 atom stereocenters. The number of carbonyl (C=O) groups is 1. The smallest absolute Gasteiger partial charge is 0.226 e. The van der Waals surface area contributed by atoms with Gasteiger partial charge < -0.3 is 11.1 Å². The van der Waals surface area contributed by atoms with Crippen LogP contribution in [0.25, 0.3) is 0 Å². The normalized spacial score (nSPS) is 10.3. The number of anilines is 2. The summed E-state index contributed by atoms with van der Waals surface area (Å²) in [7, 11) is 0. The van der Waals surface area contributed by atoms with Crippen molar-refractivity contribution in [3.63, 3.8) is 0 Å². The third kappa shape index (κ3) is 5.61. The highest BCUT2D eigenvalue weighted by molar-refractivity contribution is 7.15. The first-order valence-electron chi connectivity index (χ1n) is 7.00. The van der Waals surface area contributed by atoms with E-state index in [0.29, 0.717) is 23.9 Å². The Hall–Kier alpha value is -1.66. The van der Waals surface area contributed by atoms with Crippen LogP contribution in [-0.2, 0) is 17.6 Å². The van der Waals surface area contributed by atoms with Gasteiger partial charge in [0, 0.05) is 18.5 Å². The molecule has 5 nitrogen and oxygen atoms in total. The number of aryl methyl sites for hydroxylation is 1. The van der Waals surface area contributed by atoms with Gasteiger partial charge >= 0.3 is 0 Å². The quantitative estimate of drug-likeness (QED) is 0.790. The fraction of sp³-hybridized carbons (Fsp3) is 0.400. The molecule has 0 radical (unpaired) electrons. The molecule has 0 saturated carbocycles. The first-order chi connectivity index (χ1) is 10.0. The molecule has 1 aromatic heterocycles. The summed E-state index contributed by atoms with van der Waals surface area (Å²) in [5.74, 6) is 0.466. The molecule has 7 heteroatoms. The number of hydrogen-bond donors (Lipinski definition) is 2. The van der Waals surface area contributed by atoms with E-state index in [1.165, 1.54) is 11.3 Å². The molecule has 0 aliphatic rings. The van der Waals surface area contributed by atoms with Crippen LogP contribution in [0.2, 0.25) is 0 Å². The zero-order chi connectivity index (χ0) is 15.2. The molecule has 2 aromatic rings. The Morgan fingerprint density at radius 1 is 1.32 bits per heavy atom. The molecule has 1 amide bonds. The van der Waals surface area contributed by atoms with Crippen LogP contribution in [0.4, 0.5) is 10.8 Å². The van der Waals surface area contributed by atoms with Crippen LogP contribution in [-0.4, -0.2) is 16.1 Å². The number of benzene rings is 1. The van der Waals surface area contributed by atoms with Gasteiger partial charge in [-0.15, -0.1) is 22.6 Å². The van der Waals surface area contributed by atoms with Crippen LogP contribution in [0.3, 0.4) is 0 Å². The largest absolute Gasteiger partial charge is 0.399 e. The number of nitrogens with one attached hydrogen (secondary N) is 1. The highest BCUT2D eigenvalue weighted by atomic mass is 35.5. The molecule has 0 aliphatic carbocycles. The molecule has 1 aromatic carbocycles. The van der Waals surface area contributed by atoms with Gasteiger partial charge in [0.25, 0.3) is 0 Å². The van der Waals surface area contributed by atoms with Gasteiger partial charge in [0.1, 0.15) is 5.01 Å². The van der Waals surface area contributed by atoms with E-state index in [0.717, 1.165) is 22.7 Å². The van der Waals surface area contributed by atoms with Gasteiger partial charge in [0.05, 0.1) is 0 Å². The standard InChI is InChI=1S/C15H20N4OS.ClH/c1-10(2)9-14-18-19-15(21-14)17-13(20)8-7-11-5-3-4-6-12(11)16;/h3-6,10H,7-9,16H2,1-2H3,(H,17,19,20);1H. The minimum Gasteiger partial charge on any atom is -0.399 e. The summed E-state index contributed by atoms with van der Waals surface area (Å²) in [6.07, 6.45) is 1.89. The van der Waals surface area contributed by atoms with Crippen LogP contribution in [0.1, 0.15) is 30.8 Å². The zero-order valence-corrected chi connectivity index (χ0v) is 14.3. The van der Waals surface area contributed by atoms with Gasteiger partial charge in [0.15, 0.2) is 0 Å². The zero-order valence-electron chi connectivity index (χ0n) is 12.7. The summed E-state index contributed by atoms with van der Waals surface area (Å²) in [6, 6.07) is 7.59. The first kappa shape index (κ1) is 18.4. The second-order valence-corrected chi connectivity index (χ2v) is 6.41. The van der Waals surface area contributed by atoms with E-state index in [2.05, 4.69) is 29.4 Å². The summed E-state index contributed by atoms with van der Waals surface area (Å²) in [6.45, 7) is 4.26. The van der Waals surface area contributed by atoms with E-state index in [4.69, 9.17) is 5.73 Å². The maximum Gasteiger partial charge on any atom is 0.226 e. The number of para-hydroxylation sites is 1. The SMILES string of the molecule is CC(C)Cc1nnc(NC(=O)CCc2ccccc2N)s1.Cl. The Morgan fingerprint density at radius 3 is 2.73 bits per heavy atom. The van der Waals surface area contributed by atoms with Gasteiger partial charge in [-0.2, -0.15) is 0 Å². The monoisotopic (exact) mass is 340 g/mol. The number of nitrogen functional groups attached to an aromatic ring is 1. The number of rotatable bonds is 6. The molecular weight excluding hydrogens is 320 g/mol. The number of carbonyl (C=O) groups excluding carboxylic acids is 1. The molecule has 0 spiro atoms. The predicted octanol–water partition coefficient (Wildman–Crippen LogP) is 3.31. The van der Waals surface area contributed by atoms with E-state index in [1.807, 2.05) is 24.3 Å². The fourth-order valence-corrected chi connectivity index (χ4v) is 2.90. The molecule has 0 bridgehead atoms. The Morgan fingerprint density at radius 2 is 2.05 bits per heavy atom. The van der Waals surface area contributed by atoms with Crippen LogP contribution in [0.15, 0.2) is 24.3 Å². The van der Waals surface area contributed by atoms with Crippen molar-refractivity contribution in [1.29, 1.82) is 0 Å². The number of halogens is 1. The summed E-state index contributed by atoms with van der Waals surface area (Å²) < 4.78 is 0. The van der Waals surface area contributed by atoms with Gasteiger partial charge in [-0.3, -0.25) is 4.79 Å². The Bertz CT molecular complexity index is 615. The van der Waals surface area contributed by atoms with Crippen molar-refractivity contribution in [3.05, 3.63) is 34.8 Å². The molecule has 1 heterocycles. The summed E-state index contributed by atoms with van der Waals surface area (Å²) >= 11 is 1.44. The predicted molar refractivity (Wildman–Crippen MR) is 93.5 cm³/mol. The molecule has 0 unspecified atom stereocenters. The molecule has 0 aliphatic heterocycles. The van der Waals surface area contributed by atoms with E-state index >= 15 is 0 Å². The highest BCUT2D eigenvalue weighted by Gasteiger charge is 2.10. The van der Waals surface area contributed by atoms with E-state index in [9.17, 15) is 4.79 Å². The van der Waals surface area contributed by atoms with Crippen LogP contribution >= 0.6 is 23.7 Å². The molecule has 3 N–H and O–H groups in total. The molecule has 0 fully saturated rings. The Balaban J connectivity index is 0.00000242. The molecular formula is C15H21ClN4OS. The first-order valence-corrected chi connectivity index (χ1v) is 7.82. The maximum atomic E-state index is 11.9. The van der Waals surface area contributed by atoms with Crippen molar-refractivity contribution in [3.8, 4) is 0 Å². The number of nitrogens with two attached hydrogens (primary N) is 1. The summed E-state index contributed by atoms with van der Waals surface area (Å²) in [5, 5.41) is 12.4. The average Bonchev–Trinajstić information content (AvgIpc) is 2.84. The van der Waals surface area contributed by atoms with Gasteiger partial charge in [-0.25, -0.2) is 0 Å². The van der Waals surface area contributed by atoms with E-state index in [-0.39, 0.29) is 18.3 Å². The van der Waals surface area contributed by atoms with Crippen LogP contribution in [0.5, 0.6) is 0 Å². The Kier molecular flexibility index (Phi) is 7.27. The minimum absolute atomic E-state index is 0. The Labute approximate surface area is 140 Å². The van der Waals surface area contributed by atoms with E-state index in [1.54, 1.807) is 0 Å². The number of hydrogen-bond acceptors (Lipinski definition) is 5. The van der Waals surface area contributed by atoms with Gasteiger partial charge in [-0.05, 0) is 24.0 Å². The number of aromatic nitrogens is 2. The molecule has 2 rings (SSSR count). The van der Waals surface area contributed by atoms with Crippen molar-refractivity contribution in [2.75, 3.05) is 11.1 Å². The van der Waals surface area contributed by atoms with Crippen LogP contribution in [0, 0.1) is 5.92 Å². The van der Waals surface area contributed by atoms with Gasteiger partial charge in [0.2, 0.25) is 11.0 Å². The lowest BCUT2D eigenvalue weighted by molar-refractivity contribution is -0.116.